The van der Waals surface area contributed by atoms with Crippen LogP contribution in [0.2, 0.25) is 0 Å². The van der Waals surface area contributed by atoms with Gasteiger partial charge in [-0.15, -0.1) is 11.7 Å². The number of amides is 1. The lowest BCUT2D eigenvalue weighted by Crippen LogP contribution is -2.14. The highest BCUT2D eigenvalue weighted by molar-refractivity contribution is 9.10. The van der Waals surface area contributed by atoms with E-state index in [4.69, 9.17) is 14.2 Å². The van der Waals surface area contributed by atoms with E-state index in [1.165, 1.54) is 33.1 Å². The molecule has 2 aromatic carbocycles. The van der Waals surface area contributed by atoms with Crippen LogP contribution in [0.3, 0.4) is 0 Å². The number of carbonyl (C=O) groups excluding carboxylic acids is 1. The number of thioether (sulfide) groups is 1. The standard InChI is InChI=1S/C22H23BrN4O4S/c1-5-10-27-21(14-6-8-15(23)9-7-14)25-22(26-27)32-13-19(28)24-16-11-17(29-2)20(31-4)18(12-16)30-3/h5-9,11-12H,1,10,13H2,2-4H3,(H,24,28). The maximum Gasteiger partial charge on any atom is 0.234 e. The van der Waals surface area contributed by atoms with Crippen molar-refractivity contribution in [3.8, 4) is 28.6 Å². The fourth-order valence-corrected chi connectivity index (χ4v) is 3.83. The summed E-state index contributed by atoms with van der Waals surface area (Å²) in [5.41, 5.74) is 1.46. The highest BCUT2D eigenvalue weighted by atomic mass is 79.9. The van der Waals surface area contributed by atoms with Gasteiger partial charge in [-0.3, -0.25) is 4.79 Å². The van der Waals surface area contributed by atoms with Gasteiger partial charge in [0.05, 0.1) is 33.6 Å². The summed E-state index contributed by atoms with van der Waals surface area (Å²) in [5, 5.41) is 7.85. The second kappa shape index (κ2) is 11.1. The lowest BCUT2D eigenvalue weighted by molar-refractivity contribution is -0.113. The van der Waals surface area contributed by atoms with E-state index >= 15 is 0 Å². The van der Waals surface area contributed by atoms with Crippen LogP contribution in [0.5, 0.6) is 17.2 Å². The fraction of sp³-hybridized carbons (Fsp3) is 0.227. The third-order valence-corrected chi connectivity index (χ3v) is 5.70. The minimum absolute atomic E-state index is 0.133. The van der Waals surface area contributed by atoms with Gasteiger partial charge >= 0.3 is 0 Å². The Kier molecular flexibility index (Phi) is 8.18. The van der Waals surface area contributed by atoms with Crippen LogP contribution in [0.1, 0.15) is 0 Å². The molecule has 0 atom stereocenters. The van der Waals surface area contributed by atoms with Crippen LogP contribution in [-0.2, 0) is 11.3 Å². The maximum absolute atomic E-state index is 12.5. The van der Waals surface area contributed by atoms with Crippen LogP contribution < -0.4 is 19.5 Å². The van der Waals surface area contributed by atoms with Crippen LogP contribution in [0.15, 0.2) is 58.7 Å². The second-order valence-electron chi connectivity index (χ2n) is 6.45. The van der Waals surface area contributed by atoms with Crippen molar-refractivity contribution in [1.29, 1.82) is 0 Å². The molecule has 0 aliphatic rings. The highest BCUT2D eigenvalue weighted by Crippen LogP contribution is 2.40. The molecule has 3 rings (SSSR count). The summed E-state index contributed by atoms with van der Waals surface area (Å²) < 4.78 is 18.7. The molecule has 32 heavy (non-hydrogen) atoms. The Bertz CT molecular complexity index is 1080. The summed E-state index contributed by atoms with van der Waals surface area (Å²) in [6, 6.07) is 11.2. The maximum atomic E-state index is 12.5. The summed E-state index contributed by atoms with van der Waals surface area (Å²) in [7, 11) is 4.57. The second-order valence-corrected chi connectivity index (χ2v) is 8.30. The minimum atomic E-state index is -0.213. The number of ether oxygens (including phenoxy) is 3. The van der Waals surface area contributed by atoms with E-state index in [1.54, 1.807) is 22.9 Å². The van der Waals surface area contributed by atoms with Gasteiger partial charge in [-0.25, -0.2) is 9.67 Å². The summed E-state index contributed by atoms with van der Waals surface area (Å²) >= 11 is 4.68. The Morgan fingerprint density at radius 2 is 1.81 bits per heavy atom. The molecule has 0 unspecified atom stereocenters. The molecule has 0 saturated heterocycles. The Morgan fingerprint density at radius 1 is 1.16 bits per heavy atom. The van der Waals surface area contributed by atoms with E-state index in [9.17, 15) is 4.79 Å². The quantitative estimate of drug-likeness (QED) is 0.308. The average Bonchev–Trinajstić information content (AvgIpc) is 3.20. The molecule has 0 spiro atoms. The van der Waals surface area contributed by atoms with Crippen LogP contribution in [0, 0.1) is 0 Å². The monoisotopic (exact) mass is 518 g/mol. The molecule has 168 valence electrons. The molecule has 8 nitrogen and oxygen atoms in total. The van der Waals surface area contributed by atoms with Crippen LogP contribution >= 0.6 is 27.7 Å². The normalized spacial score (nSPS) is 10.5. The van der Waals surface area contributed by atoms with E-state index in [2.05, 4.69) is 37.9 Å². The van der Waals surface area contributed by atoms with E-state index in [0.29, 0.717) is 40.5 Å². The zero-order chi connectivity index (χ0) is 23.1. The van der Waals surface area contributed by atoms with Crippen molar-refractivity contribution in [2.24, 2.45) is 0 Å². The number of rotatable bonds is 10. The Hall–Kier alpha value is -2.98. The predicted molar refractivity (Wildman–Crippen MR) is 129 cm³/mol. The summed E-state index contributed by atoms with van der Waals surface area (Å²) in [6.45, 7) is 4.29. The number of halogens is 1. The minimum Gasteiger partial charge on any atom is -0.493 e. The van der Waals surface area contributed by atoms with Gasteiger partial charge in [-0.05, 0) is 12.1 Å². The van der Waals surface area contributed by atoms with E-state index < -0.39 is 0 Å². The molecule has 0 radical (unpaired) electrons. The zero-order valence-corrected chi connectivity index (χ0v) is 20.3. The van der Waals surface area contributed by atoms with E-state index in [-0.39, 0.29) is 11.7 Å². The molecule has 1 heterocycles. The fourth-order valence-electron chi connectivity index (χ4n) is 2.92. The zero-order valence-electron chi connectivity index (χ0n) is 17.9. The van der Waals surface area contributed by atoms with Gasteiger partial charge in [0.2, 0.25) is 16.8 Å². The van der Waals surface area contributed by atoms with Gasteiger partial charge < -0.3 is 19.5 Å². The van der Waals surface area contributed by atoms with Crippen LogP contribution in [0.25, 0.3) is 11.4 Å². The number of hydrogen-bond donors (Lipinski definition) is 1. The number of nitrogens with one attached hydrogen (secondary N) is 1. The number of allylic oxidation sites excluding steroid dienone is 1. The number of benzene rings is 2. The van der Waals surface area contributed by atoms with Crippen LogP contribution in [-0.4, -0.2) is 47.8 Å². The lowest BCUT2D eigenvalue weighted by Gasteiger charge is -2.14. The first-order valence-corrected chi connectivity index (χ1v) is 11.3. The van der Waals surface area contributed by atoms with Crippen molar-refractivity contribution in [3.63, 3.8) is 0 Å². The molecule has 0 fully saturated rings. The molecule has 1 aromatic heterocycles. The third kappa shape index (κ3) is 5.63. The number of aromatic nitrogens is 3. The average molecular weight is 519 g/mol. The molecular formula is C22H23BrN4O4S. The molecule has 0 saturated carbocycles. The largest absolute Gasteiger partial charge is 0.493 e. The smallest absolute Gasteiger partial charge is 0.234 e. The molecule has 0 bridgehead atoms. The van der Waals surface area contributed by atoms with Gasteiger partial charge in [0.15, 0.2) is 17.3 Å². The number of carbonyl (C=O) groups is 1. The summed E-state index contributed by atoms with van der Waals surface area (Å²) in [6.07, 6.45) is 1.75. The highest BCUT2D eigenvalue weighted by Gasteiger charge is 2.16. The number of anilines is 1. The molecule has 10 heteroatoms. The first kappa shape index (κ1) is 23.7. The summed E-state index contributed by atoms with van der Waals surface area (Å²) in [4.78, 5) is 17.1. The van der Waals surface area contributed by atoms with Gasteiger partial charge in [-0.2, -0.15) is 0 Å². The van der Waals surface area contributed by atoms with Crippen molar-refractivity contribution in [2.45, 2.75) is 11.7 Å². The molecule has 1 N–H and O–H groups in total. The van der Waals surface area contributed by atoms with Crippen LogP contribution in [0.4, 0.5) is 5.69 Å². The molecule has 1 amide bonds. The van der Waals surface area contributed by atoms with Crippen molar-refractivity contribution >= 4 is 39.3 Å². The molecule has 3 aromatic rings. The Labute approximate surface area is 199 Å². The number of nitrogens with zero attached hydrogens (tertiary/aromatic N) is 3. The van der Waals surface area contributed by atoms with E-state index in [0.717, 1.165) is 10.0 Å². The summed E-state index contributed by atoms with van der Waals surface area (Å²) in [5.74, 6) is 2.01. The number of methoxy groups -OCH3 is 3. The molecule has 0 aliphatic carbocycles. The van der Waals surface area contributed by atoms with Gasteiger partial charge in [0, 0.05) is 27.9 Å². The topological polar surface area (TPSA) is 87.5 Å². The number of hydrogen-bond acceptors (Lipinski definition) is 7. The van der Waals surface area contributed by atoms with Crippen molar-refractivity contribution < 1.29 is 19.0 Å². The van der Waals surface area contributed by atoms with Crippen molar-refractivity contribution in [3.05, 3.63) is 53.5 Å². The molecular weight excluding hydrogens is 496 g/mol. The first-order valence-electron chi connectivity index (χ1n) is 9.53. The predicted octanol–water partition coefficient (Wildman–Crippen LogP) is 4.65. The Balaban J connectivity index is 1.72. The molecule has 0 aliphatic heterocycles. The third-order valence-electron chi connectivity index (χ3n) is 4.34. The lowest BCUT2D eigenvalue weighted by atomic mass is 10.2. The van der Waals surface area contributed by atoms with Crippen molar-refractivity contribution in [1.82, 2.24) is 14.8 Å². The SMILES string of the molecule is C=CCn1nc(SCC(=O)Nc2cc(OC)c(OC)c(OC)c2)nc1-c1ccc(Br)cc1. The van der Waals surface area contributed by atoms with Gasteiger partial charge in [-0.1, -0.05) is 45.9 Å². The van der Waals surface area contributed by atoms with Gasteiger partial charge in [0.1, 0.15) is 0 Å². The van der Waals surface area contributed by atoms with E-state index in [1.807, 2.05) is 24.3 Å². The first-order chi connectivity index (χ1) is 15.5. The van der Waals surface area contributed by atoms with Crippen molar-refractivity contribution in [2.75, 3.05) is 32.4 Å². The van der Waals surface area contributed by atoms with Gasteiger partial charge in [0.25, 0.3) is 0 Å². The Morgan fingerprint density at radius 3 is 2.38 bits per heavy atom.